The van der Waals surface area contributed by atoms with Gasteiger partial charge in [-0.15, -0.1) is 0 Å². The Kier molecular flexibility index (Phi) is 10.3. The predicted molar refractivity (Wildman–Crippen MR) is 122 cm³/mol. The molecule has 9 heteroatoms. The molecule has 0 bridgehead atoms. The lowest BCUT2D eigenvalue weighted by atomic mass is 10.1. The van der Waals surface area contributed by atoms with Gasteiger partial charge >= 0.3 is 0 Å². The molecule has 31 heavy (non-hydrogen) atoms. The van der Waals surface area contributed by atoms with Crippen molar-refractivity contribution in [2.45, 2.75) is 6.42 Å². The molecule has 0 saturated carbocycles. The van der Waals surface area contributed by atoms with E-state index >= 15 is 0 Å². The van der Waals surface area contributed by atoms with Gasteiger partial charge in [0.15, 0.2) is 5.96 Å². The molecule has 1 saturated heterocycles. The van der Waals surface area contributed by atoms with Gasteiger partial charge in [-0.05, 0) is 24.1 Å². The molecule has 1 aromatic rings. The normalized spacial score (nSPS) is 14.8. The van der Waals surface area contributed by atoms with Crippen molar-refractivity contribution in [1.82, 2.24) is 25.3 Å². The van der Waals surface area contributed by atoms with Gasteiger partial charge in [-0.3, -0.25) is 14.5 Å². The molecule has 0 radical (unpaired) electrons. The smallest absolute Gasteiger partial charge is 0.253 e. The average Bonchev–Trinajstić information content (AvgIpc) is 2.77. The number of benzene rings is 1. The SMILES string of the molecule is CN(C)C(=O)CN=C(NCCc1cccc(C(=O)N(C)C)c1)NCCN1CCOCC1. The van der Waals surface area contributed by atoms with Gasteiger partial charge in [0.1, 0.15) is 6.54 Å². The maximum Gasteiger partial charge on any atom is 0.253 e. The van der Waals surface area contributed by atoms with Crippen LogP contribution in [0.25, 0.3) is 0 Å². The number of carbonyl (C=O) groups excluding carboxylic acids is 2. The standard InChI is InChI=1S/C22H36N6O3/c1-26(2)20(29)17-25-22(24-10-11-28-12-14-31-15-13-28)23-9-8-18-6-5-7-19(16-18)21(30)27(3)4/h5-7,16H,8-15,17H2,1-4H3,(H2,23,24,25). The van der Waals surface area contributed by atoms with E-state index in [1.165, 1.54) is 4.90 Å². The van der Waals surface area contributed by atoms with Crippen LogP contribution in [0.3, 0.4) is 0 Å². The van der Waals surface area contributed by atoms with E-state index < -0.39 is 0 Å². The van der Waals surface area contributed by atoms with E-state index in [1.807, 2.05) is 24.3 Å². The van der Waals surface area contributed by atoms with Crippen molar-refractivity contribution in [2.75, 3.05) is 80.7 Å². The lowest BCUT2D eigenvalue weighted by Gasteiger charge is -2.26. The number of likely N-dealkylation sites (N-methyl/N-ethyl adjacent to an activating group) is 1. The molecule has 2 rings (SSSR count). The summed E-state index contributed by atoms with van der Waals surface area (Å²) in [5.74, 6) is 0.553. The second kappa shape index (κ2) is 12.9. The summed E-state index contributed by atoms with van der Waals surface area (Å²) in [6.45, 7) is 5.75. The van der Waals surface area contributed by atoms with E-state index in [4.69, 9.17) is 4.74 Å². The van der Waals surface area contributed by atoms with Gasteiger partial charge in [0.2, 0.25) is 5.91 Å². The molecule has 2 amide bonds. The van der Waals surface area contributed by atoms with Crippen LogP contribution >= 0.6 is 0 Å². The summed E-state index contributed by atoms with van der Waals surface area (Å²) in [7, 11) is 6.94. The summed E-state index contributed by atoms with van der Waals surface area (Å²) >= 11 is 0. The van der Waals surface area contributed by atoms with Crippen molar-refractivity contribution in [1.29, 1.82) is 0 Å². The molecule has 0 unspecified atom stereocenters. The van der Waals surface area contributed by atoms with Crippen molar-refractivity contribution >= 4 is 17.8 Å². The molecule has 1 aliphatic rings. The Morgan fingerprint density at radius 3 is 2.45 bits per heavy atom. The fourth-order valence-electron chi connectivity index (χ4n) is 3.06. The fraction of sp³-hybridized carbons (Fsp3) is 0.591. The Hall–Kier alpha value is -2.65. The maximum absolute atomic E-state index is 12.2. The molecular formula is C22H36N6O3. The van der Waals surface area contributed by atoms with Gasteiger partial charge in [0, 0.05) is 66.5 Å². The summed E-state index contributed by atoms with van der Waals surface area (Å²) < 4.78 is 5.38. The third-order valence-corrected chi connectivity index (χ3v) is 4.98. The predicted octanol–water partition coefficient (Wildman–Crippen LogP) is -0.113. The Bertz CT molecular complexity index is 745. The van der Waals surface area contributed by atoms with Crippen LogP contribution in [-0.2, 0) is 16.0 Å². The monoisotopic (exact) mass is 432 g/mol. The van der Waals surface area contributed by atoms with Crippen LogP contribution in [0.1, 0.15) is 15.9 Å². The average molecular weight is 433 g/mol. The topological polar surface area (TPSA) is 89.5 Å². The first kappa shape index (κ1) is 24.6. The van der Waals surface area contributed by atoms with Crippen molar-refractivity contribution in [3.63, 3.8) is 0 Å². The van der Waals surface area contributed by atoms with Crippen molar-refractivity contribution < 1.29 is 14.3 Å². The lowest BCUT2D eigenvalue weighted by molar-refractivity contribution is -0.127. The first-order chi connectivity index (χ1) is 14.9. The van der Waals surface area contributed by atoms with Gasteiger partial charge in [-0.25, -0.2) is 4.99 Å². The van der Waals surface area contributed by atoms with Gasteiger partial charge in [-0.1, -0.05) is 12.1 Å². The second-order valence-electron chi connectivity index (χ2n) is 7.91. The minimum atomic E-state index is -0.0517. The van der Waals surface area contributed by atoms with E-state index in [0.717, 1.165) is 51.4 Å². The molecule has 1 heterocycles. The third-order valence-electron chi connectivity index (χ3n) is 4.98. The summed E-state index contributed by atoms with van der Waals surface area (Å²) in [5.41, 5.74) is 1.74. The molecule has 9 nitrogen and oxygen atoms in total. The Labute approximate surface area is 185 Å². The number of rotatable bonds is 9. The van der Waals surface area contributed by atoms with Gasteiger partial charge < -0.3 is 25.2 Å². The Morgan fingerprint density at radius 1 is 1.06 bits per heavy atom. The highest BCUT2D eigenvalue weighted by atomic mass is 16.5. The minimum Gasteiger partial charge on any atom is -0.379 e. The zero-order valence-electron chi connectivity index (χ0n) is 19.2. The number of hydrogen-bond acceptors (Lipinski definition) is 5. The zero-order valence-corrected chi connectivity index (χ0v) is 19.2. The number of nitrogens with zero attached hydrogens (tertiary/aromatic N) is 4. The number of guanidine groups is 1. The number of carbonyl (C=O) groups is 2. The number of hydrogen-bond donors (Lipinski definition) is 2. The largest absolute Gasteiger partial charge is 0.379 e. The number of morpholine rings is 1. The van der Waals surface area contributed by atoms with Crippen LogP contribution in [0.15, 0.2) is 29.3 Å². The van der Waals surface area contributed by atoms with Crippen LogP contribution in [-0.4, -0.2) is 113 Å². The van der Waals surface area contributed by atoms with E-state index in [0.29, 0.717) is 18.1 Å². The molecule has 0 aromatic heterocycles. The van der Waals surface area contributed by atoms with Crippen molar-refractivity contribution in [3.8, 4) is 0 Å². The van der Waals surface area contributed by atoms with Crippen LogP contribution in [0.5, 0.6) is 0 Å². The molecule has 0 atom stereocenters. The van der Waals surface area contributed by atoms with Crippen LogP contribution in [0, 0.1) is 0 Å². The Morgan fingerprint density at radius 2 is 1.77 bits per heavy atom. The quantitative estimate of drug-likeness (QED) is 0.418. The highest BCUT2D eigenvalue weighted by molar-refractivity contribution is 5.94. The second-order valence-corrected chi connectivity index (χ2v) is 7.91. The van der Waals surface area contributed by atoms with Crippen LogP contribution in [0.2, 0.25) is 0 Å². The first-order valence-corrected chi connectivity index (χ1v) is 10.7. The molecule has 0 aliphatic carbocycles. The molecule has 1 aliphatic heterocycles. The fourth-order valence-corrected chi connectivity index (χ4v) is 3.06. The van der Waals surface area contributed by atoms with Gasteiger partial charge in [-0.2, -0.15) is 0 Å². The van der Waals surface area contributed by atoms with Gasteiger partial charge in [0.25, 0.3) is 5.91 Å². The number of nitrogens with one attached hydrogen (secondary N) is 2. The summed E-state index contributed by atoms with van der Waals surface area (Å²) in [5, 5.41) is 6.62. The van der Waals surface area contributed by atoms with E-state index in [9.17, 15) is 9.59 Å². The van der Waals surface area contributed by atoms with Crippen LogP contribution < -0.4 is 10.6 Å². The number of ether oxygens (including phenoxy) is 1. The molecule has 1 fully saturated rings. The zero-order chi connectivity index (χ0) is 22.6. The highest BCUT2D eigenvalue weighted by Crippen LogP contribution is 2.07. The maximum atomic E-state index is 12.2. The molecule has 172 valence electrons. The van der Waals surface area contributed by atoms with E-state index in [2.05, 4.69) is 20.5 Å². The van der Waals surface area contributed by atoms with Crippen LogP contribution in [0.4, 0.5) is 0 Å². The number of aliphatic imine (C=N–C) groups is 1. The molecule has 0 spiro atoms. The van der Waals surface area contributed by atoms with Crippen molar-refractivity contribution in [2.24, 2.45) is 4.99 Å². The summed E-state index contributed by atoms with van der Waals surface area (Å²) in [6.07, 6.45) is 0.736. The molecule has 2 N–H and O–H groups in total. The number of amides is 2. The minimum absolute atomic E-state index is 0.0102. The van der Waals surface area contributed by atoms with Crippen molar-refractivity contribution in [3.05, 3.63) is 35.4 Å². The molecule has 1 aromatic carbocycles. The summed E-state index contributed by atoms with van der Waals surface area (Å²) in [4.78, 5) is 34.0. The Balaban J connectivity index is 1.89. The van der Waals surface area contributed by atoms with E-state index in [1.54, 1.807) is 33.1 Å². The molecular weight excluding hydrogens is 396 g/mol. The first-order valence-electron chi connectivity index (χ1n) is 10.7. The lowest BCUT2D eigenvalue weighted by Crippen LogP contribution is -2.45. The third kappa shape index (κ3) is 8.94. The van der Waals surface area contributed by atoms with Gasteiger partial charge in [0.05, 0.1) is 13.2 Å². The summed E-state index contributed by atoms with van der Waals surface area (Å²) in [6, 6.07) is 7.65. The highest BCUT2D eigenvalue weighted by Gasteiger charge is 2.11. The van der Waals surface area contributed by atoms with E-state index in [-0.39, 0.29) is 18.4 Å².